The van der Waals surface area contributed by atoms with Crippen molar-refractivity contribution in [2.24, 2.45) is 0 Å². The summed E-state index contributed by atoms with van der Waals surface area (Å²) < 4.78 is 0. The molecule has 0 fully saturated rings. The zero-order chi connectivity index (χ0) is 16.5. The lowest BCUT2D eigenvalue weighted by molar-refractivity contribution is -0.117. The summed E-state index contributed by atoms with van der Waals surface area (Å²) in [6.07, 6.45) is 0.906. The summed E-state index contributed by atoms with van der Waals surface area (Å²) in [6, 6.07) is 8.47. The van der Waals surface area contributed by atoms with Crippen LogP contribution >= 0.6 is 0 Å². The zero-order valence-electron chi connectivity index (χ0n) is 14.3. The number of carbonyl (C=O) groups excluding carboxylic acids is 1. The number of allylic oxidation sites excluding steroid dienone is 1. The molecule has 3 heteroatoms. The Morgan fingerprint density at radius 2 is 1.82 bits per heavy atom. The van der Waals surface area contributed by atoms with Crippen LogP contribution in [0.3, 0.4) is 0 Å². The van der Waals surface area contributed by atoms with Crippen LogP contribution in [0.4, 0.5) is 0 Å². The van der Waals surface area contributed by atoms with E-state index in [1.165, 1.54) is 22.3 Å². The molecule has 22 heavy (non-hydrogen) atoms. The highest BCUT2D eigenvalue weighted by Crippen LogP contribution is 2.21. The number of amides is 1. The molecule has 1 aromatic carbocycles. The summed E-state index contributed by atoms with van der Waals surface area (Å²) in [5.41, 5.74) is 5.85. The van der Waals surface area contributed by atoms with Gasteiger partial charge in [0.2, 0.25) is 5.91 Å². The maximum absolute atomic E-state index is 11.4. The van der Waals surface area contributed by atoms with Crippen molar-refractivity contribution in [3.63, 3.8) is 0 Å². The van der Waals surface area contributed by atoms with E-state index < -0.39 is 0 Å². The summed E-state index contributed by atoms with van der Waals surface area (Å²) in [6.45, 7) is 14.2. The van der Waals surface area contributed by atoms with Crippen molar-refractivity contribution < 1.29 is 4.79 Å². The highest BCUT2D eigenvalue weighted by molar-refractivity contribution is 5.92. The predicted molar refractivity (Wildman–Crippen MR) is 94.8 cm³/mol. The molecule has 0 aromatic heterocycles. The molecule has 1 rings (SSSR count). The molecule has 2 N–H and O–H groups in total. The molecule has 0 radical (unpaired) electrons. The minimum Gasteiger partial charge on any atom is -0.352 e. The molecular formula is C19H28N2O. The topological polar surface area (TPSA) is 41.1 Å². The standard InChI is InChI=1S/C19H28N2O/c1-14(2)18(17-10-7-6-9-16(17)5)13-20-11-8-12-21-19(22)15(3)4/h6-7,9-10,20H,3,8,11-13H2,1-2,4-5H3,(H,21,22). The minimum absolute atomic E-state index is 0.0649. The first kappa shape index (κ1) is 18.2. The second-order valence-corrected chi connectivity index (χ2v) is 5.86. The third-order valence-electron chi connectivity index (χ3n) is 3.58. The van der Waals surface area contributed by atoms with Gasteiger partial charge in [0.1, 0.15) is 0 Å². The lowest BCUT2D eigenvalue weighted by Gasteiger charge is -2.14. The van der Waals surface area contributed by atoms with Gasteiger partial charge in [-0.3, -0.25) is 4.79 Å². The molecule has 0 bridgehead atoms. The maximum Gasteiger partial charge on any atom is 0.246 e. The summed E-state index contributed by atoms with van der Waals surface area (Å²) in [5.74, 6) is -0.0649. The first-order chi connectivity index (χ1) is 10.4. The number of hydrogen-bond donors (Lipinski definition) is 2. The normalized spacial score (nSPS) is 10.2. The fourth-order valence-electron chi connectivity index (χ4n) is 2.23. The van der Waals surface area contributed by atoms with E-state index in [2.05, 4.69) is 62.2 Å². The van der Waals surface area contributed by atoms with E-state index in [0.717, 1.165) is 19.5 Å². The Kier molecular flexibility index (Phi) is 7.61. The summed E-state index contributed by atoms with van der Waals surface area (Å²) in [7, 11) is 0. The molecule has 3 nitrogen and oxygen atoms in total. The quantitative estimate of drug-likeness (QED) is 0.570. The Hall–Kier alpha value is -1.87. The Morgan fingerprint density at radius 3 is 2.41 bits per heavy atom. The number of hydrogen-bond acceptors (Lipinski definition) is 2. The largest absolute Gasteiger partial charge is 0.352 e. The summed E-state index contributed by atoms with van der Waals surface area (Å²) in [4.78, 5) is 11.4. The average molecular weight is 300 g/mol. The van der Waals surface area contributed by atoms with Crippen LogP contribution in [0.5, 0.6) is 0 Å². The van der Waals surface area contributed by atoms with Crippen molar-refractivity contribution in [3.8, 4) is 0 Å². The van der Waals surface area contributed by atoms with Gasteiger partial charge in [0, 0.05) is 18.7 Å². The van der Waals surface area contributed by atoms with Crippen LogP contribution in [-0.4, -0.2) is 25.5 Å². The van der Waals surface area contributed by atoms with E-state index >= 15 is 0 Å². The molecule has 120 valence electrons. The van der Waals surface area contributed by atoms with Crippen molar-refractivity contribution >= 4 is 11.5 Å². The molecule has 0 spiro atoms. The summed E-state index contributed by atoms with van der Waals surface area (Å²) >= 11 is 0. The summed E-state index contributed by atoms with van der Waals surface area (Å²) in [5, 5.41) is 6.31. The van der Waals surface area contributed by atoms with Gasteiger partial charge in [-0.1, -0.05) is 36.4 Å². The first-order valence-corrected chi connectivity index (χ1v) is 7.80. The van der Waals surface area contributed by atoms with Crippen LogP contribution in [0.25, 0.3) is 5.57 Å². The Morgan fingerprint density at radius 1 is 1.14 bits per heavy atom. The van der Waals surface area contributed by atoms with Gasteiger partial charge in [0.15, 0.2) is 0 Å². The van der Waals surface area contributed by atoms with E-state index in [-0.39, 0.29) is 5.91 Å². The van der Waals surface area contributed by atoms with Gasteiger partial charge in [-0.15, -0.1) is 0 Å². The number of rotatable bonds is 8. The molecular weight excluding hydrogens is 272 g/mol. The Labute approximate surface area is 134 Å². The predicted octanol–water partition coefficient (Wildman–Crippen LogP) is 3.46. The molecule has 0 aliphatic heterocycles. The molecule has 0 aliphatic rings. The van der Waals surface area contributed by atoms with E-state index in [1.54, 1.807) is 6.92 Å². The van der Waals surface area contributed by atoms with Crippen molar-refractivity contribution in [3.05, 3.63) is 53.1 Å². The highest BCUT2D eigenvalue weighted by atomic mass is 16.1. The highest BCUT2D eigenvalue weighted by Gasteiger charge is 2.06. The molecule has 0 saturated heterocycles. The van der Waals surface area contributed by atoms with Gasteiger partial charge in [-0.2, -0.15) is 0 Å². The number of nitrogens with one attached hydrogen (secondary N) is 2. The van der Waals surface area contributed by atoms with Gasteiger partial charge in [-0.25, -0.2) is 0 Å². The van der Waals surface area contributed by atoms with Crippen LogP contribution in [0.1, 0.15) is 38.3 Å². The van der Waals surface area contributed by atoms with Crippen molar-refractivity contribution in [2.75, 3.05) is 19.6 Å². The third kappa shape index (κ3) is 5.86. The molecule has 1 aromatic rings. The van der Waals surface area contributed by atoms with Crippen LogP contribution in [0.2, 0.25) is 0 Å². The van der Waals surface area contributed by atoms with Gasteiger partial charge < -0.3 is 10.6 Å². The lowest BCUT2D eigenvalue weighted by Crippen LogP contribution is -2.28. The van der Waals surface area contributed by atoms with E-state index in [0.29, 0.717) is 12.1 Å². The molecule has 0 atom stereocenters. The number of aryl methyl sites for hydroxylation is 1. The molecule has 0 heterocycles. The minimum atomic E-state index is -0.0649. The second kappa shape index (κ2) is 9.21. The van der Waals surface area contributed by atoms with Gasteiger partial charge in [0.05, 0.1) is 0 Å². The third-order valence-corrected chi connectivity index (χ3v) is 3.58. The number of carbonyl (C=O) groups is 1. The Bertz CT molecular complexity index is 554. The number of benzene rings is 1. The molecule has 0 aliphatic carbocycles. The van der Waals surface area contributed by atoms with Crippen LogP contribution in [0, 0.1) is 6.92 Å². The fraction of sp³-hybridized carbons (Fsp3) is 0.421. The van der Waals surface area contributed by atoms with Gasteiger partial charge >= 0.3 is 0 Å². The molecule has 0 saturated carbocycles. The van der Waals surface area contributed by atoms with Crippen molar-refractivity contribution in [2.45, 2.75) is 34.1 Å². The fourth-order valence-corrected chi connectivity index (χ4v) is 2.23. The average Bonchev–Trinajstić information content (AvgIpc) is 2.47. The lowest BCUT2D eigenvalue weighted by atomic mass is 9.97. The zero-order valence-corrected chi connectivity index (χ0v) is 14.3. The monoisotopic (exact) mass is 300 g/mol. The Balaban J connectivity index is 2.42. The van der Waals surface area contributed by atoms with E-state index in [9.17, 15) is 4.79 Å². The van der Waals surface area contributed by atoms with Gasteiger partial charge in [-0.05, 0) is 57.4 Å². The van der Waals surface area contributed by atoms with E-state index in [4.69, 9.17) is 0 Å². The van der Waals surface area contributed by atoms with E-state index in [1.807, 2.05) is 0 Å². The molecule has 1 amide bonds. The van der Waals surface area contributed by atoms with Crippen LogP contribution in [-0.2, 0) is 4.79 Å². The van der Waals surface area contributed by atoms with Crippen molar-refractivity contribution in [1.82, 2.24) is 10.6 Å². The second-order valence-electron chi connectivity index (χ2n) is 5.86. The van der Waals surface area contributed by atoms with Crippen molar-refractivity contribution in [1.29, 1.82) is 0 Å². The van der Waals surface area contributed by atoms with Gasteiger partial charge in [0.25, 0.3) is 0 Å². The smallest absolute Gasteiger partial charge is 0.246 e. The maximum atomic E-state index is 11.4. The van der Waals surface area contributed by atoms with Crippen LogP contribution < -0.4 is 10.6 Å². The molecule has 0 unspecified atom stereocenters. The van der Waals surface area contributed by atoms with Crippen LogP contribution in [0.15, 0.2) is 42.0 Å². The first-order valence-electron chi connectivity index (χ1n) is 7.80. The SMILES string of the molecule is C=C(C)C(=O)NCCCNCC(=C(C)C)c1ccccc1C.